The summed E-state index contributed by atoms with van der Waals surface area (Å²) in [5, 5.41) is 4.78. The quantitative estimate of drug-likeness (QED) is 0.434. The van der Waals surface area contributed by atoms with Crippen molar-refractivity contribution in [3.8, 4) is 0 Å². The molecule has 27 heavy (non-hydrogen) atoms. The Labute approximate surface area is 162 Å². The van der Waals surface area contributed by atoms with Crippen LogP contribution in [0.3, 0.4) is 0 Å². The first kappa shape index (κ1) is 17.3. The summed E-state index contributed by atoms with van der Waals surface area (Å²) in [5.41, 5.74) is 5.41. The van der Waals surface area contributed by atoms with E-state index in [0.717, 1.165) is 29.3 Å². The van der Waals surface area contributed by atoms with Crippen molar-refractivity contribution in [1.29, 1.82) is 0 Å². The van der Waals surface area contributed by atoms with Gasteiger partial charge in [-0.3, -0.25) is 9.78 Å². The number of nitrogens with one attached hydrogen (secondary N) is 1. The largest absolute Gasteiger partial charge is 0.354 e. The molecule has 0 fully saturated rings. The molecule has 1 heterocycles. The Morgan fingerprint density at radius 1 is 0.926 bits per heavy atom. The molecule has 1 aromatic heterocycles. The number of carbonyl (C=O) groups is 1. The topological polar surface area (TPSA) is 42.0 Å². The number of carbonyl (C=O) groups excluding carboxylic acids is 1. The van der Waals surface area contributed by atoms with Gasteiger partial charge in [0.25, 0.3) is 0 Å². The van der Waals surface area contributed by atoms with Crippen molar-refractivity contribution in [3.63, 3.8) is 0 Å². The molecule has 0 radical (unpaired) electrons. The van der Waals surface area contributed by atoms with Crippen LogP contribution < -0.4 is 5.32 Å². The minimum absolute atomic E-state index is 0.498. The van der Waals surface area contributed by atoms with E-state index in [1.807, 2.05) is 42.5 Å². The molecule has 4 rings (SSSR count). The van der Waals surface area contributed by atoms with Crippen LogP contribution in [0.1, 0.15) is 21.5 Å². The number of hydrogen-bond donors (Lipinski definition) is 1. The summed E-state index contributed by atoms with van der Waals surface area (Å²) in [5.74, 6) is 0. The third-order valence-electron chi connectivity index (χ3n) is 4.46. The van der Waals surface area contributed by atoms with Gasteiger partial charge in [0.15, 0.2) is 6.29 Å². The first-order valence-electron chi connectivity index (χ1n) is 8.66. The predicted molar refractivity (Wildman–Crippen MR) is 111 cm³/mol. The average Bonchev–Trinajstić information content (AvgIpc) is 2.70. The van der Waals surface area contributed by atoms with Crippen LogP contribution in [0.5, 0.6) is 0 Å². The van der Waals surface area contributed by atoms with Crippen LogP contribution >= 0.6 is 11.6 Å². The number of hydrogen-bond acceptors (Lipinski definition) is 3. The van der Waals surface area contributed by atoms with E-state index in [4.69, 9.17) is 11.6 Å². The second-order valence-electron chi connectivity index (χ2n) is 6.35. The van der Waals surface area contributed by atoms with Crippen molar-refractivity contribution in [2.24, 2.45) is 0 Å². The number of anilines is 2. The zero-order valence-corrected chi connectivity index (χ0v) is 15.3. The molecule has 0 unspecified atom stereocenters. The van der Waals surface area contributed by atoms with E-state index in [-0.39, 0.29) is 0 Å². The molecule has 0 atom stereocenters. The van der Waals surface area contributed by atoms with E-state index in [2.05, 4.69) is 34.6 Å². The van der Waals surface area contributed by atoms with E-state index in [9.17, 15) is 4.79 Å². The Bertz CT molecular complexity index is 1090. The van der Waals surface area contributed by atoms with Crippen molar-refractivity contribution in [2.45, 2.75) is 6.42 Å². The highest BCUT2D eigenvalue weighted by Crippen LogP contribution is 2.30. The number of nitrogens with zero attached hydrogens (tertiary/aromatic N) is 1. The summed E-state index contributed by atoms with van der Waals surface area (Å²) >= 11 is 6.14. The lowest BCUT2D eigenvalue weighted by Gasteiger charge is -2.13. The number of halogens is 1. The predicted octanol–water partition coefficient (Wildman–Crippen LogP) is 6.04. The highest BCUT2D eigenvalue weighted by Gasteiger charge is 2.10. The van der Waals surface area contributed by atoms with Gasteiger partial charge in [-0.1, -0.05) is 54.1 Å². The molecule has 1 N–H and O–H groups in total. The molecule has 0 saturated carbocycles. The SMILES string of the molecule is O=Cc1cnc2ccc(Cl)cc2c1Nc1ccc(Cc2ccccc2)cc1. The maximum absolute atomic E-state index is 11.5. The first-order chi connectivity index (χ1) is 13.2. The normalized spacial score (nSPS) is 10.7. The van der Waals surface area contributed by atoms with Gasteiger partial charge in [0.1, 0.15) is 0 Å². The molecule has 3 aromatic carbocycles. The highest BCUT2D eigenvalue weighted by atomic mass is 35.5. The third-order valence-corrected chi connectivity index (χ3v) is 4.70. The summed E-state index contributed by atoms with van der Waals surface area (Å²) < 4.78 is 0. The molecule has 0 bridgehead atoms. The van der Waals surface area contributed by atoms with Gasteiger partial charge in [-0.05, 0) is 47.9 Å². The summed E-state index contributed by atoms with van der Waals surface area (Å²) in [6, 6.07) is 24.0. The molecule has 0 amide bonds. The molecular weight excluding hydrogens is 356 g/mol. The van der Waals surface area contributed by atoms with Gasteiger partial charge in [0, 0.05) is 22.3 Å². The van der Waals surface area contributed by atoms with Crippen molar-refractivity contribution in [3.05, 3.63) is 101 Å². The van der Waals surface area contributed by atoms with Gasteiger partial charge in [-0.15, -0.1) is 0 Å². The number of fused-ring (bicyclic) bond motifs is 1. The van der Waals surface area contributed by atoms with Crippen LogP contribution in [-0.2, 0) is 6.42 Å². The lowest BCUT2D eigenvalue weighted by molar-refractivity contribution is 0.112. The van der Waals surface area contributed by atoms with Crippen LogP contribution in [0.4, 0.5) is 11.4 Å². The second-order valence-corrected chi connectivity index (χ2v) is 6.79. The van der Waals surface area contributed by atoms with E-state index < -0.39 is 0 Å². The van der Waals surface area contributed by atoms with Gasteiger partial charge in [-0.2, -0.15) is 0 Å². The molecule has 0 aliphatic rings. The van der Waals surface area contributed by atoms with Crippen LogP contribution in [-0.4, -0.2) is 11.3 Å². The van der Waals surface area contributed by atoms with Crippen molar-refractivity contribution in [2.75, 3.05) is 5.32 Å². The fraction of sp³-hybridized carbons (Fsp3) is 0.0435. The Morgan fingerprint density at radius 3 is 2.41 bits per heavy atom. The lowest BCUT2D eigenvalue weighted by atomic mass is 10.0. The van der Waals surface area contributed by atoms with E-state index in [0.29, 0.717) is 16.3 Å². The Morgan fingerprint density at radius 2 is 1.67 bits per heavy atom. The Kier molecular flexibility index (Phi) is 4.86. The number of aldehydes is 1. The zero-order chi connectivity index (χ0) is 18.6. The van der Waals surface area contributed by atoms with Crippen molar-refractivity contribution >= 4 is 40.2 Å². The van der Waals surface area contributed by atoms with Crippen molar-refractivity contribution in [1.82, 2.24) is 4.98 Å². The average molecular weight is 373 g/mol. The fourth-order valence-corrected chi connectivity index (χ4v) is 3.26. The summed E-state index contributed by atoms with van der Waals surface area (Å²) in [4.78, 5) is 15.8. The van der Waals surface area contributed by atoms with Gasteiger partial charge in [-0.25, -0.2) is 0 Å². The van der Waals surface area contributed by atoms with E-state index in [1.54, 1.807) is 12.3 Å². The fourth-order valence-electron chi connectivity index (χ4n) is 3.09. The Hall–Kier alpha value is -3.17. The van der Waals surface area contributed by atoms with Gasteiger partial charge in [0.05, 0.1) is 16.8 Å². The second kappa shape index (κ2) is 7.60. The number of rotatable bonds is 5. The molecule has 4 aromatic rings. The van der Waals surface area contributed by atoms with Crippen LogP contribution in [0, 0.1) is 0 Å². The number of aromatic nitrogens is 1. The molecule has 0 saturated heterocycles. The Balaban J connectivity index is 1.64. The molecule has 0 spiro atoms. The highest BCUT2D eigenvalue weighted by molar-refractivity contribution is 6.31. The van der Waals surface area contributed by atoms with Crippen LogP contribution in [0.2, 0.25) is 5.02 Å². The molecule has 132 valence electrons. The minimum Gasteiger partial charge on any atom is -0.354 e. The maximum atomic E-state index is 11.5. The molecule has 0 aliphatic carbocycles. The van der Waals surface area contributed by atoms with Crippen molar-refractivity contribution < 1.29 is 4.79 Å². The smallest absolute Gasteiger partial charge is 0.153 e. The molecular formula is C23H17ClN2O. The maximum Gasteiger partial charge on any atom is 0.153 e. The standard InChI is InChI=1S/C23H17ClN2O/c24-19-8-11-22-21(13-19)23(18(15-27)14-25-22)26-20-9-6-17(7-10-20)12-16-4-2-1-3-5-16/h1-11,13-15H,12H2,(H,25,26). The lowest BCUT2D eigenvalue weighted by Crippen LogP contribution is -1.98. The minimum atomic E-state index is 0.498. The number of pyridine rings is 1. The summed E-state index contributed by atoms with van der Waals surface area (Å²) in [6.07, 6.45) is 3.27. The molecule has 3 nitrogen and oxygen atoms in total. The monoisotopic (exact) mass is 372 g/mol. The van der Waals surface area contributed by atoms with E-state index in [1.165, 1.54) is 11.1 Å². The van der Waals surface area contributed by atoms with E-state index >= 15 is 0 Å². The third kappa shape index (κ3) is 3.83. The summed E-state index contributed by atoms with van der Waals surface area (Å²) in [6.45, 7) is 0. The molecule has 4 heteroatoms. The van der Waals surface area contributed by atoms with Crippen LogP contribution in [0.15, 0.2) is 79.0 Å². The first-order valence-corrected chi connectivity index (χ1v) is 9.04. The van der Waals surface area contributed by atoms with Gasteiger partial charge < -0.3 is 5.32 Å². The van der Waals surface area contributed by atoms with Crippen LogP contribution in [0.25, 0.3) is 10.9 Å². The molecule has 0 aliphatic heterocycles. The van der Waals surface area contributed by atoms with Gasteiger partial charge >= 0.3 is 0 Å². The number of benzene rings is 3. The van der Waals surface area contributed by atoms with Gasteiger partial charge in [0.2, 0.25) is 0 Å². The zero-order valence-electron chi connectivity index (χ0n) is 14.5. The summed E-state index contributed by atoms with van der Waals surface area (Å²) in [7, 11) is 0.